The summed E-state index contributed by atoms with van der Waals surface area (Å²) in [7, 11) is -1.77. The molecule has 8 heteroatoms. The van der Waals surface area contributed by atoms with Gasteiger partial charge in [-0.3, -0.25) is 9.78 Å². The van der Waals surface area contributed by atoms with Gasteiger partial charge in [0.2, 0.25) is 0 Å². The molecule has 0 radical (unpaired) electrons. The molecule has 1 amide bonds. The van der Waals surface area contributed by atoms with E-state index in [0.29, 0.717) is 37.4 Å². The van der Waals surface area contributed by atoms with E-state index in [0.717, 1.165) is 31.4 Å². The highest BCUT2D eigenvalue weighted by Crippen LogP contribution is 2.25. The fourth-order valence-corrected chi connectivity index (χ4v) is 5.60. The number of aryl methyl sites for hydroxylation is 2. The number of rotatable bonds is 4. The Balaban J connectivity index is 1.63. The Kier molecular flexibility index (Phi) is 6.18. The van der Waals surface area contributed by atoms with Crippen molar-refractivity contribution in [1.82, 2.24) is 18.5 Å². The molecule has 2 heterocycles. The van der Waals surface area contributed by atoms with Crippen LogP contribution in [0.15, 0.2) is 12.1 Å². The molecule has 1 aromatic rings. The lowest BCUT2D eigenvalue weighted by molar-refractivity contribution is 0.0691. The fraction of sp³-hybridized carbons (Fsp3) is 0.684. The molecule has 150 valence electrons. The summed E-state index contributed by atoms with van der Waals surface area (Å²) >= 11 is 0. The highest BCUT2D eigenvalue weighted by Gasteiger charge is 2.35. The zero-order valence-corrected chi connectivity index (χ0v) is 17.3. The van der Waals surface area contributed by atoms with Crippen LogP contribution in [0.5, 0.6) is 0 Å². The Morgan fingerprint density at radius 1 is 1.07 bits per heavy atom. The summed E-state index contributed by atoms with van der Waals surface area (Å²) in [6.07, 6.45) is 5.26. The minimum absolute atomic E-state index is 0.0716. The van der Waals surface area contributed by atoms with Crippen LogP contribution in [-0.4, -0.2) is 72.1 Å². The van der Waals surface area contributed by atoms with E-state index >= 15 is 0 Å². The van der Waals surface area contributed by atoms with E-state index < -0.39 is 10.2 Å². The number of pyridine rings is 1. The lowest BCUT2D eigenvalue weighted by atomic mass is 9.96. The van der Waals surface area contributed by atoms with Gasteiger partial charge in [0.15, 0.2) is 0 Å². The SMILES string of the molecule is Cc1ccc(C(=O)N2CCN(S(=O)(=O)N(C)C3CCCCC3)CC2)c(C)n1. The topological polar surface area (TPSA) is 73.8 Å². The summed E-state index contributed by atoms with van der Waals surface area (Å²) < 4.78 is 29.0. The molecular weight excluding hydrogens is 364 g/mol. The minimum atomic E-state index is -3.47. The second-order valence-corrected chi connectivity index (χ2v) is 9.58. The third-order valence-corrected chi connectivity index (χ3v) is 7.80. The summed E-state index contributed by atoms with van der Waals surface area (Å²) in [4.78, 5) is 18.9. The van der Waals surface area contributed by atoms with Crippen LogP contribution in [0.4, 0.5) is 0 Å². The first kappa shape index (κ1) is 20.2. The molecule has 2 aliphatic rings. The van der Waals surface area contributed by atoms with E-state index in [1.807, 2.05) is 19.9 Å². The molecule has 2 fully saturated rings. The largest absolute Gasteiger partial charge is 0.336 e. The van der Waals surface area contributed by atoms with Gasteiger partial charge >= 0.3 is 0 Å². The van der Waals surface area contributed by atoms with Gasteiger partial charge in [0.25, 0.3) is 16.1 Å². The third kappa shape index (κ3) is 4.33. The third-order valence-electron chi connectivity index (χ3n) is 5.76. The van der Waals surface area contributed by atoms with E-state index in [1.165, 1.54) is 10.7 Å². The molecule has 1 saturated heterocycles. The highest BCUT2D eigenvalue weighted by atomic mass is 32.2. The number of amides is 1. The lowest BCUT2D eigenvalue weighted by Crippen LogP contribution is -2.55. The van der Waals surface area contributed by atoms with E-state index in [2.05, 4.69) is 4.98 Å². The maximum absolute atomic E-state index is 13.0. The first-order valence-electron chi connectivity index (χ1n) is 9.77. The smallest absolute Gasteiger partial charge is 0.282 e. The monoisotopic (exact) mass is 394 g/mol. The molecule has 27 heavy (non-hydrogen) atoms. The van der Waals surface area contributed by atoms with Crippen LogP contribution in [0.3, 0.4) is 0 Å². The number of hydrogen-bond donors (Lipinski definition) is 0. The average molecular weight is 395 g/mol. The molecule has 1 saturated carbocycles. The van der Waals surface area contributed by atoms with E-state index in [9.17, 15) is 13.2 Å². The van der Waals surface area contributed by atoms with Crippen molar-refractivity contribution in [1.29, 1.82) is 0 Å². The molecule has 0 N–H and O–H groups in total. The van der Waals surface area contributed by atoms with Gasteiger partial charge in [-0.15, -0.1) is 0 Å². The van der Waals surface area contributed by atoms with Gasteiger partial charge in [0.05, 0.1) is 11.3 Å². The molecule has 0 spiro atoms. The summed E-state index contributed by atoms with van der Waals surface area (Å²) in [6.45, 7) is 5.22. The Morgan fingerprint density at radius 3 is 2.30 bits per heavy atom. The molecule has 3 rings (SSSR count). The molecule has 0 bridgehead atoms. The molecule has 0 atom stereocenters. The number of piperazine rings is 1. The van der Waals surface area contributed by atoms with Gasteiger partial charge in [-0.25, -0.2) is 0 Å². The number of carbonyl (C=O) groups excluding carboxylic acids is 1. The first-order valence-corrected chi connectivity index (χ1v) is 11.2. The van der Waals surface area contributed by atoms with Crippen molar-refractivity contribution in [2.24, 2.45) is 0 Å². The Hall–Kier alpha value is -1.51. The summed E-state index contributed by atoms with van der Waals surface area (Å²) in [5, 5.41) is 0. The van der Waals surface area contributed by atoms with Crippen molar-refractivity contribution >= 4 is 16.1 Å². The number of aromatic nitrogens is 1. The van der Waals surface area contributed by atoms with Crippen LogP contribution in [-0.2, 0) is 10.2 Å². The van der Waals surface area contributed by atoms with E-state index in [4.69, 9.17) is 0 Å². The van der Waals surface area contributed by atoms with Gasteiger partial charge in [0, 0.05) is 45.0 Å². The van der Waals surface area contributed by atoms with Crippen LogP contribution in [0.25, 0.3) is 0 Å². The molecule has 7 nitrogen and oxygen atoms in total. The second kappa shape index (κ2) is 8.24. The Bertz CT molecular complexity index is 782. The van der Waals surface area contributed by atoms with Crippen LogP contribution < -0.4 is 0 Å². The standard InChI is InChI=1S/C19H30N4O3S/c1-15-9-10-18(16(2)20-15)19(24)22-11-13-23(14-12-22)27(25,26)21(3)17-7-5-4-6-8-17/h9-10,17H,4-8,11-14H2,1-3H3. The number of hydrogen-bond acceptors (Lipinski definition) is 4. The van der Waals surface area contributed by atoms with E-state index in [-0.39, 0.29) is 11.9 Å². The Labute approximate surface area is 162 Å². The quantitative estimate of drug-likeness (QED) is 0.783. The molecule has 0 unspecified atom stereocenters. The van der Waals surface area contributed by atoms with Crippen molar-refractivity contribution in [2.75, 3.05) is 33.2 Å². The van der Waals surface area contributed by atoms with Gasteiger partial charge < -0.3 is 4.90 Å². The predicted molar refractivity (Wildman–Crippen MR) is 105 cm³/mol. The second-order valence-electron chi connectivity index (χ2n) is 7.59. The van der Waals surface area contributed by atoms with Gasteiger partial charge in [-0.2, -0.15) is 17.0 Å². The average Bonchev–Trinajstić information content (AvgIpc) is 2.67. The van der Waals surface area contributed by atoms with Crippen LogP contribution in [0.2, 0.25) is 0 Å². The van der Waals surface area contributed by atoms with Crippen molar-refractivity contribution in [3.05, 3.63) is 29.1 Å². The lowest BCUT2D eigenvalue weighted by Gasteiger charge is -2.38. The molecule has 1 aliphatic heterocycles. The summed E-state index contributed by atoms with van der Waals surface area (Å²) in [6, 6.07) is 3.74. The van der Waals surface area contributed by atoms with Crippen LogP contribution in [0, 0.1) is 13.8 Å². The number of nitrogens with zero attached hydrogens (tertiary/aromatic N) is 4. The fourth-order valence-electron chi connectivity index (χ4n) is 4.02. The molecular formula is C19H30N4O3S. The molecule has 1 aliphatic carbocycles. The highest BCUT2D eigenvalue weighted by molar-refractivity contribution is 7.86. The Morgan fingerprint density at radius 2 is 1.70 bits per heavy atom. The van der Waals surface area contributed by atoms with Gasteiger partial charge in [0.1, 0.15) is 0 Å². The van der Waals surface area contributed by atoms with Gasteiger partial charge in [-0.05, 0) is 38.8 Å². The molecule has 0 aromatic carbocycles. The zero-order valence-electron chi connectivity index (χ0n) is 16.5. The zero-order chi connectivity index (χ0) is 19.6. The number of carbonyl (C=O) groups is 1. The van der Waals surface area contributed by atoms with Crippen LogP contribution >= 0.6 is 0 Å². The van der Waals surface area contributed by atoms with Crippen molar-refractivity contribution < 1.29 is 13.2 Å². The van der Waals surface area contributed by atoms with Crippen molar-refractivity contribution in [2.45, 2.75) is 52.0 Å². The van der Waals surface area contributed by atoms with Crippen molar-refractivity contribution in [3.63, 3.8) is 0 Å². The maximum atomic E-state index is 13.0. The molecule has 1 aromatic heterocycles. The van der Waals surface area contributed by atoms with E-state index in [1.54, 1.807) is 22.3 Å². The van der Waals surface area contributed by atoms with Crippen LogP contribution in [0.1, 0.15) is 53.8 Å². The van der Waals surface area contributed by atoms with Gasteiger partial charge in [-0.1, -0.05) is 19.3 Å². The maximum Gasteiger partial charge on any atom is 0.282 e. The summed E-state index contributed by atoms with van der Waals surface area (Å²) in [5.41, 5.74) is 2.19. The summed E-state index contributed by atoms with van der Waals surface area (Å²) in [5.74, 6) is -0.0716. The minimum Gasteiger partial charge on any atom is -0.336 e. The normalized spacial score (nSPS) is 20.2. The predicted octanol–water partition coefficient (Wildman–Crippen LogP) is 1.97. The first-order chi connectivity index (χ1) is 12.8. The van der Waals surface area contributed by atoms with Crippen molar-refractivity contribution in [3.8, 4) is 0 Å².